The minimum absolute atomic E-state index is 0.00847. The number of esters is 2. The average Bonchev–Trinajstić information content (AvgIpc) is 2.68. The number of benzene rings is 1. The van der Waals surface area contributed by atoms with E-state index < -0.39 is 28.7 Å². The topological polar surface area (TPSA) is 134 Å². The van der Waals surface area contributed by atoms with Crippen LogP contribution in [0.1, 0.15) is 32.3 Å². The normalized spacial score (nSPS) is 18.8. The van der Waals surface area contributed by atoms with Crippen LogP contribution in [0.3, 0.4) is 0 Å². The van der Waals surface area contributed by atoms with Crippen molar-refractivity contribution in [1.82, 2.24) is 0 Å². The van der Waals surface area contributed by atoms with Gasteiger partial charge in [-0.25, -0.2) is 9.79 Å². The standard InChI is InChI=1S/C19H23N3O6S/c1-4-27-18(23)14-13(11-8-7-9-12(10-11)22(25)26)15(19(24)28-5-2)17(29-6-3)21-16(14)20/h7-10,13,15H,4-6,20H2,1-3H3. The van der Waals surface area contributed by atoms with E-state index in [1.807, 2.05) is 6.92 Å². The van der Waals surface area contributed by atoms with Crippen molar-refractivity contribution in [3.8, 4) is 0 Å². The van der Waals surface area contributed by atoms with Gasteiger partial charge in [0.15, 0.2) is 0 Å². The molecule has 1 aromatic rings. The van der Waals surface area contributed by atoms with Gasteiger partial charge in [0.1, 0.15) is 11.7 Å². The van der Waals surface area contributed by atoms with Crippen LogP contribution in [0, 0.1) is 16.0 Å². The molecule has 1 aromatic carbocycles. The third-order valence-electron chi connectivity index (χ3n) is 4.19. The molecule has 0 spiro atoms. The van der Waals surface area contributed by atoms with Gasteiger partial charge in [0.05, 0.1) is 28.8 Å². The Bertz CT molecular complexity index is 867. The number of hydrogen-bond acceptors (Lipinski definition) is 9. The zero-order valence-electron chi connectivity index (χ0n) is 16.4. The van der Waals surface area contributed by atoms with E-state index in [0.717, 1.165) is 0 Å². The summed E-state index contributed by atoms with van der Waals surface area (Å²) in [6.07, 6.45) is 0. The highest BCUT2D eigenvalue weighted by Crippen LogP contribution is 2.42. The summed E-state index contributed by atoms with van der Waals surface area (Å²) in [6, 6.07) is 5.75. The van der Waals surface area contributed by atoms with Gasteiger partial charge in [-0.3, -0.25) is 14.9 Å². The first-order valence-electron chi connectivity index (χ1n) is 9.14. The quantitative estimate of drug-likeness (QED) is 0.403. The van der Waals surface area contributed by atoms with E-state index in [1.165, 1.54) is 30.0 Å². The number of carbonyl (C=O) groups excluding carboxylic acids is 2. The molecule has 156 valence electrons. The predicted molar refractivity (Wildman–Crippen MR) is 109 cm³/mol. The maximum Gasteiger partial charge on any atom is 0.338 e. The van der Waals surface area contributed by atoms with Gasteiger partial charge in [0, 0.05) is 18.1 Å². The molecule has 0 fully saturated rings. The molecule has 2 N–H and O–H groups in total. The number of rotatable bonds is 7. The zero-order chi connectivity index (χ0) is 21.6. The Kier molecular flexibility index (Phi) is 7.77. The summed E-state index contributed by atoms with van der Waals surface area (Å²) < 4.78 is 10.4. The molecule has 0 saturated heterocycles. The van der Waals surface area contributed by atoms with Gasteiger partial charge in [0.2, 0.25) is 0 Å². The fourth-order valence-electron chi connectivity index (χ4n) is 3.09. The van der Waals surface area contributed by atoms with Crippen molar-refractivity contribution in [3.63, 3.8) is 0 Å². The Morgan fingerprint density at radius 1 is 1.24 bits per heavy atom. The minimum atomic E-state index is -0.964. The van der Waals surface area contributed by atoms with E-state index in [9.17, 15) is 19.7 Å². The van der Waals surface area contributed by atoms with Crippen LogP contribution in [-0.4, -0.2) is 40.9 Å². The molecule has 0 saturated carbocycles. The van der Waals surface area contributed by atoms with Crippen molar-refractivity contribution in [1.29, 1.82) is 0 Å². The monoisotopic (exact) mass is 421 g/mol. The molecule has 1 heterocycles. The maximum atomic E-state index is 12.9. The zero-order valence-corrected chi connectivity index (χ0v) is 17.2. The third kappa shape index (κ3) is 4.94. The van der Waals surface area contributed by atoms with Gasteiger partial charge < -0.3 is 15.2 Å². The van der Waals surface area contributed by atoms with Crippen LogP contribution in [0.2, 0.25) is 0 Å². The number of nitro benzene ring substituents is 1. The molecule has 29 heavy (non-hydrogen) atoms. The van der Waals surface area contributed by atoms with E-state index in [1.54, 1.807) is 19.9 Å². The van der Waals surface area contributed by atoms with Gasteiger partial charge in [-0.2, -0.15) is 0 Å². The first kappa shape index (κ1) is 22.4. The van der Waals surface area contributed by atoms with Crippen molar-refractivity contribution in [2.24, 2.45) is 16.6 Å². The van der Waals surface area contributed by atoms with Gasteiger partial charge >= 0.3 is 11.9 Å². The van der Waals surface area contributed by atoms with Crippen LogP contribution in [-0.2, 0) is 19.1 Å². The number of non-ortho nitro benzene ring substituents is 1. The first-order chi connectivity index (χ1) is 13.8. The van der Waals surface area contributed by atoms with Crippen LogP contribution in [0.15, 0.2) is 40.7 Å². The summed E-state index contributed by atoms with van der Waals surface area (Å²) >= 11 is 1.30. The van der Waals surface area contributed by atoms with Crippen LogP contribution in [0.25, 0.3) is 0 Å². The Morgan fingerprint density at radius 2 is 1.93 bits per heavy atom. The van der Waals surface area contributed by atoms with E-state index in [2.05, 4.69) is 4.99 Å². The molecule has 0 aromatic heterocycles. The molecule has 2 atom stereocenters. The SMILES string of the molecule is CCOC(=O)C1=C(N)N=C(SCC)C(C(=O)OCC)C1c1cccc([N+](=O)[O-])c1. The lowest BCUT2D eigenvalue weighted by Crippen LogP contribution is -2.38. The second-order valence-corrected chi connectivity index (χ2v) is 7.25. The Labute approximate surface area is 172 Å². The van der Waals surface area contributed by atoms with Crippen molar-refractivity contribution in [2.75, 3.05) is 19.0 Å². The number of hydrogen-bond donors (Lipinski definition) is 1. The molecule has 0 bridgehead atoms. The smallest absolute Gasteiger partial charge is 0.338 e. The number of nitrogens with zero attached hydrogens (tertiary/aromatic N) is 2. The van der Waals surface area contributed by atoms with Crippen molar-refractivity contribution in [3.05, 3.63) is 51.3 Å². The highest BCUT2D eigenvalue weighted by atomic mass is 32.2. The molecule has 0 aliphatic carbocycles. The summed E-state index contributed by atoms with van der Waals surface area (Å²) in [5.41, 5.74) is 6.29. The molecular formula is C19H23N3O6S. The number of thioether (sulfide) groups is 1. The van der Waals surface area contributed by atoms with Gasteiger partial charge in [0.25, 0.3) is 5.69 Å². The van der Waals surface area contributed by atoms with Crippen LogP contribution >= 0.6 is 11.8 Å². The molecular weight excluding hydrogens is 398 g/mol. The fourth-order valence-corrected chi connectivity index (χ4v) is 3.96. The molecule has 1 aliphatic heterocycles. The lowest BCUT2D eigenvalue weighted by Gasteiger charge is -2.31. The lowest BCUT2D eigenvalue weighted by atomic mass is 9.79. The number of nitrogens with two attached hydrogens (primary N) is 1. The van der Waals surface area contributed by atoms with Crippen molar-refractivity contribution in [2.45, 2.75) is 26.7 Å². The molecule has 9 nitrogen and oxygen atoms in total. The predicted octanol–water partition coefficient (Wildman–Crippen LogP) is 2.76. The Hall–Kier alpha value is -2.88. The Balaban J connectivity index is 2.72. The van der Waals surface area contributed by atoms with Crippen LogP contribution in [0.4, 0.5) is 5.69 Å². The lowest BCUT2D eigenvalue weighted by molar-refractivity contribution is -0.384. The minimum Gasteiger partial charge on any atom is -0.465 e. The summed E-state index contributed by atoms with van der Waals surface area (Å²) in [4.78, 5) is 40.5. The molecule has 2 rings (SSSR count). The molecule has 10 heteroatoms. The summed E-state index contributed by atoms with van der Waals surface area (Å²) in [7, 11) is 0. The van der Waals surface area contributed by atoms with E-state index in [0.29, 0.717) is 16.4 Å². The van der Waals surface area contributed by atoms with Gasteiger partial charge in [-0.15, -0.1) is 11.8 Å². The Morgan fingerprint density at radius 3 is 2.52 bits per heavy atom. The van der Waals surface area contributed by atoms with Crippen molar-refractivity contribution < 1.29 is 24.0 Å². The molecule has 0 amide bonds. The van der Waals surface area contributed by atoms with E-state index in [-0.39, 0.29) is 30.3 Å². The van der Waals surface area contributed by atoms with Crippen molar-refractivity contribution >= 4 is 34.4 Å². The second-order valence-electron chi connectivity index (χ2n) is 5.96. The van der Waals surface area contributed by atoms with Gasteiger partial charge in [-0.1, -0.05) is 19.1 Å². The molecule has 2 unspecified atom stereocenters. The third-order valence-corrected chi connectivity index (χ3v) is 5.11. The fraction of sp³-hybridized carbons (Fsp3) is 0.421. The van der Waals surface area contributed by atoms with Gasteiger partial charge in [-0.05, 0) is 25.2 Å². The number of carbonyl (C=O) groups is 2. The summed E-state index contributed by atoms with van der Waals surface area (Å²) in [5.74, 6) is -2.65. The summed E-state index contributed by atoms with van der Waals surface area (Å²) in [6.45, 7) is 5.43. The molecule has 1 aliphatic rings. The van der Waals surface area contributed by atoms with Crippen LogP contribution < -0.4 is 5.73 Å². The summed E-state index contributed by atoms with van der Waals surface area (Å²) in [5, 5.41) is 11.7. The molecule has 0 radical (unpaired) electrons. The largest absolute Gasteiger partial charge is 0.465 e. The number of nitro groups is 1. The highest BCUT2D eigenvalue weighted by Gasteiger charge is 2.44. The average molecular weight is 421 g/mol. The van der Waals surface area contributed by atoms with E-state index >= 15 is 0 Å². The first-order valence-corrected chi connectivity index (χ1v) is 10.1. The second kappa shape index (κ2) is 10.1. The highest BCUT2D eigenvalue weighted by molar-refractivity contribution is 8.14. The van der Waals surface area contributed by atoms with Crippen LogP contribution in [0.5, 0.6) is 0 Å². The number of ether oxygens (including phenoxy) is 2. The maximum absolute atomic E-state index is 12.9. The number of aliphatic imine (C=N–C) groups is 1. The van der Waals surface area contributed by atoms with E-state index in [4.69, 9.17) is 15.2 Å².